The molecule has 0 saturated carbocycles. The van der Waals surface area contributed by atoms with Crippen molar-refractivity contribution in [2.45, 2.75) is 0 Å². The van der Waals surface area contributed by atoms with Gasteiger partial charge >= 0.3 is 0 Å². The van der Waals surface area contributed by atoms with Gasteiger partial charge in [-0.1, -0.05) is 23.7 Å². The van der Waals surface area contributed by atoms with Crippen molar-refractivity contribution >= 4 is 34.7 Å². The molecule has 4 rings (SSSR count). The summed E-state index contributed by atoms with van der Waals surface area (Å²) in [5.74, 6) is 0. The average Bonchev–Trinajstić information content (AvgIpc) is 3.01. The molecule has 5 heteroatoms. The van der Waals surface area contributed by atoms with E-state index in [1.165, 1.54) is 0 Å². The molecule has 0 aliphatic heterocycles. The predicted molar refractivity (Wildman–Crippen MR) is 102 cm³/mol. The molecule has 0 spiro atoms. The summed E-state index contributed by atoms with van der Waals surface area (Å²) in [4.78, 5) is 8.72. The molecule has 0 aliphatic rings. The molecule has 3 aromatic heterocycles. The van der Waals surface area contributed by atoms with E-state index in [0.717, 1.165) is 33.4 Å². The van der Waals surface area contributed by atoms with Crippen LogP contribution >= 0.6 is 11.6 Å². The van der Waals surface area contributed by atoms with E-state index in [0.29, 0.717) is 5.02 Å². The van der Waals surface area contributed by atoms with Gasteiger partial charge in [0.1, 0.15) is 0 Å². The van der Waals surface area contributed by atoms with Gasteiger partial charge in [-0.25, -0.2) is 4.98 Å². The highest BCUT2D eigenvalue weighted by Gasteiger charge is 2.07. The normalized spacial score (nSPS) is 11.4. The molecule has 0 radical (unpaired) electrons. The van der Waals surface area contributed by atoms with Crippen molar-refractivity contribution < 1.29 is 0 Å². The maximum atomic E-state index is 6.06. The van der Waals surface area contributed by atoms with Crippen LogP contribution in [0.5, 0.6) is 0 Å². The number of nitrogens with zero attached hydrogens (tertiary/aromatic N) is 4. The second kappa shape index (κ2) is 6.49. The third-order valence-electron chi connectivity index (χ3n) is 3.92. The minimum Gasteiger partial charge on any atom is -0.275 e. The van der Waals surface area contributed by atoms with Gasteiger partial charge in [-0.05, 0) is 42.5 Å². The molecule has 4 nitrogen and oxygen atoms in total. The van der Waals surface area contributed by atoms with Crippen LogP contribution in [0.4, 0.5) is 0 Å². The van der Waals surface area contributed by atoms with Crippen molar-refractivity contribution in [3.05, 3.63) is 77.3 Å². The summed E-state index contributed by atoms with van der Waals surface area (Å²) < 4.78 is 1.81. The van der Waals surface area contributed by atoms with Crippen molar-refractivity contribution in [3.8, 4) is 11.3 Å². The number of hydrogen-bond donors (Lipinski definition) is 0. The molecule has 3 heterocycles. The number of hydrogen-bond acceptors (Lipinski definition) is 3. The van der Waals surface area contributed by atoms with Gasteiger partial charge in [-0.3, -0.25) is 9.67 Å². The highest BCUT2D eigenvalue weighted by atomic mass is 35.5. The fourth-order valence-corrected chi connectivity index (χ4v) is 2.90. The fourth-order valence-electron chi connectivity index (χ4n) is 2.74. The molecule has 0 unspecified atom stereocenters. The molecule has 0 amide bonds. The number of rotatable bonds is 3. The quantitative estimate of drug-likeness (QED) is 0.532. The molecular formula is C20H15ClN4. The van der Waals surface area contributed by atoms with E-state index in [4.69, 9.17) is 11.6 Å². The lowest BCUT2D eigenvalue weighted by molar-refractivity contribution is 0.770. The monoisotopic (exact) mass is 346 g/mol. The van der Waals surface area contributed by atoms with E-state index in [1.807, 2.05) is 72.5 Å². The Kier molecular flexibility index (Phi) is 4.04. The molecule has 4 aromatic rings. The summed E-state index contributed by atoms with van der Waals surface area (Å²) in [5, 5.41) is 6.31. The summed E-state index contributed by atoms with van der Waals surface area (Å²) in [7, 11) is 1.91. The Morgan fingerprint density at radius 2 is 1.80 bits per heavy atom. The molecule has 1 aromatic carbocycles. The van der Waals surface area contributed by atoms with Crippen LogP contribution in [0.2, 0.25) is 5.02 Å². The average molecular weight is 347 g/mol. The van der Waals surface area contributed by atoms with E-state index < -0.39 is 0 Å². The topological polar surface area (TPSA) is 43.6 Å². The van der Waals surface area contributed by atoms with Crippen LogP contribution in [0.1, 0.15) is 11.3 Å². The molecule has 0 fully saturated rings. The zero-order valence-corrected chi connectivity index (χ0v) is 14.4. The van der Waals surface area contributed by atoms with Gasteiger partial charge in [-0.2, -0.15) is 5.10 Å². The van der Waals surface area contributed by atoms with Gasteiger partial charge in [0.25, 0.3) is 0 Å². The van der Waals surface area contributed by atoms with Crippen molar-refractivity contribution in [1.29, 1.82) is 0 Å². The van der Waals surface area contributed by atoms with E-state index in [2.05, 4.69) is 15.1 Å². The van der Waals surface area contributed by atoms with E-state index in [-0.39, 0.29) is 0 Å². The van der Waals surface area contributed by atoms with Gasteiger partial charge in [0, 0.05) is 47.2 Å². The van der Waals surface area contributed by atoms with E-state index in [1.54, 1.807) is 12.4 Å². The summed E-state index contributed by atoms with van der Waals surface area (Å²) in [6, 6.07) is 13.7. The standard InChI is InChI=1S/C20H15ClN4/c1-25-13-16(20(24-25)15-8-10-22-11-9-15)4-7-18-6-3-14-2-5-17(21)12-19(14)23-18/h2-13H,1H3/b7-4+. The minimum absolute atomic E-state index is 0.688. The van der Waals surface area contributed by atoms with E-state index >= 15 is 0 Å². The summed E-state index contributed by atoms with van der Waals surface area (Å²) in [6.45, 7) is 0. The molecule has 0 aliphatic carbocycles. The lowest BCUT2D eigenvalue weighted by atomic mass is 10.1. The first-order valence-electron chi connectivity index (χ1n) is 7.87. The number of benzene rings is 1. The molecule has 0 saturated heterocycles. The Balaban J connectivity index is 1.71. The molecular weight excluding hydrogens is 332 g/mol. The second-order valence-electron chi connectivity index (χ2n) is 5.75. The summed E-state index contributed by atoms with van der Waals surface area (Å²) in [6.07, 6.45) is 9.55. The Labute approximate surface area is 150 Å². The lowest BCUT2D eigenvalue weighted by Crippen LogP contribution is -1.87. The van der Waals surface area contributed by atoms with Gasteiger partial charge in [0.05, 0.1) is 16.9 Å². The van der Waals surface area contributed by atoms with Crippen LogP contribution in [-0.2, 0) is 7.05 Å². The predicted octanol–water partition coefficient (Wildman–Crippen LogP) is 4.85. The summed E-state index contributed by atoms with van der Waals surface area (Å²) >= 11 is 6.06. The van der Waals surface area contributed by atoms with Crippen LogP contribution in [0, 0.1) is 0 Å². The van der Waals surface area contributed by atoms with Crippen molar-refractivity contribution in [2.75, 3.05) is 0 Å². The Morgan fingerprint density at radius 1 is 1.00 bits per heavy atom. The minimum atomic E-state index is 0.688. The van der Waals surface area contributed by atoms with Gasteiger partial charge in [0.2, 0.25) is 0 Å². The summed E-state index contributed by atoms with van der Waals surface area (Å²) in [5.41, 5.74) is 4.75. The zero-order chi connectivity index (χ0) is 17.2. The van der Waals surface area contributed by atoms with Crippen LogP contribution in [0.3, 0.4) is 0 Å². The highest BCUT2D eigenvalue weighted by Crippen LogP contribution is 2.23. The van der Waals surface area contributed by atoms with Gasteiger partial charge in [-0.15, -0.1) is 0 Å². The first-order chi connectivity index (χ1) is 12.2. The number of aryl methyl sites for hydroxylation is 1. The molecule has 25 heavy (non-hydrogen) atoms. The van der Waals surface area contributed by atoms with Crippen LogP contribution < -0.4 is 0 Å². The van der Waals surface area contributed by atoms with E-state index in [9.17, 15) is 0 Å². The molecule has 0 N–H and O–H groups in total. The first kappa shape index (κ1) is 15.5. The smallest absolute Gasteiger partial charge is 0.0996 e. The van der Waals surface area contributed by atoms with Gasteiger partial charge < -0.3 is 0 Å². The number of aromatic nitrogens is 4. The van der Waals surface area contributed by atoms with Crippen molar-refractivity contribution in [3.63, 3.8) is 0 Å². The molecule has 0 atom stereocenters. The highest BCUT2D eigenvalue weighted by molar-refractivity contribution is 6.31. The number of halogens is 1. The maximum absolute atomic E-state index is 6.06. The fraction of sp³-hybridized carbons (Fsp3) is 0.0500. The van der Waals surface area contributed by atoms with Crippen LogP contribution in [0.25, 0.3) is 34.3 Å². The molecule has 122 valence electrons. The molecule has 0 bridgehead atoms. The van der Waals surface area contributed by atoms with Crippen LogP contribution in [-0.4, -0.2) is 19.7 Å². The van der Waals surface area contributed by atoms with Crippen LogP contribution in [0.15, 0.2) is 61.1 Å². The largest absolute Gasteiger partial charge is 0.275 e. The number of pyridine rings is 2. The Morgan fingerprint density at radius 3 is 2.64 bits per heavy atom. The Bertz CT molecular complexity index is 1070. The second-order valence-corrected chi connectivity index (χ2v) is 6.19. The maximum Gasteiger partial charge on any atom is 0.0996 e. The SMILES string of the molecule is Cn1cc(/C=C/c2ccc3ccc(Cl)cc3n2)c(-c2ccncc2)n1. The zero-order valence-electron chi connectivity index (χ0n) is 13.6. The third-order valence-corrected chi connectivity index (χ3v) is 4.16. The van der Waals surface area contributed by atoms with Crippen molar-refractivity contribution in [1.82, 2.24) is 19.7 Å². The van der Waals surface area contributed by atoms with Gasteiger partial charge in [0.15, 0.2) is 0 Å². The lowest BCUT2D eigenvalue weighted by Gasteiger charge is -2.00. The Hall–Kier alpha value is -2.98. The van der Waals surface area contributed by atoms with Crippen molar-refractivity contribution in [2.24, 2.45) is 7.05 Å². The third kappa shape index (κ3) is 3.30. The number of fused-ring (bicyclic) bond motifs is 1. The first-order valence-corrected chi connectivity index (χ1v) is 8.25.